The van der Waals surface area contributed by atoms with Crippen LogP contribution in [-0.4, -0.2) is 53.6 Å². The van der Waals surface area contributed by atoms with Crippen molar-refractivity contribution in [3.8, 4) is 11.1 Å². The van der Waals surface area contributed by atoms with Crippen LogP contribution >= 0.6 is 0 Å². The molecule has 172 valence electrons. The molecule has 0 radical (unpaired) electrons. The third-order valence-corrected chi connectivity index (χ3v) is 4.63. The van der Waals surface area contributed by atoms with Crippen LogP contribution in [0.15, 0.2) is 48.5 Å². The summed E-state index contributed by atoms with van der Waals surface area (Å²) in [6.07, 6.45) is -5.68. The van der Waals surface area contributed by atoms with Crippen LogP contribution in [0.4, 0.5) is 18.0 Å². The van der Waals surface area contributed by atoms with Crippen molar-refractivity contribution in [2.24, 2.45) is 5.73 Å². The van der Waals surface area contributed by atoms with Crippen molar-refractivity contribution < 1.29 is 42.5 Å². The van der Waals surface area contributed by atoms with E-state index in [0.717, 1.165) is 22.3 Å². The Morgan fingerprint density at radius 3 is 1.88 bits per heavy atom. The zero-order valence-electron chi connectivity index (χ0n) is 16.6. The highest BCUT2D eigenvalue weighted by Crippen LogP contribution is 2.44. The molecule has 0 spiro atoms. The fourth-order valence-corrected chi connectivity index (χ4v) is 3.21. The second-order valence-electron chi connectivity index (χ2n) is 6.74. The number of carbonyl (C=O) groups excluding carboxylic acids is 1. The fraction of sp³-hybridized carbons (Fsp3) is 0.286. The average molecular weight is 454 g/mol. The van der Waals surface area contributed by atoms with E-state index in [-0.39, 0.29) is 25.5 Å². The molecule has 8 nitrogen and oxygen atoms in total. The minimum absolute atomic E-state index is 0.0593. The number of carboxylic acid groups (broad SMARTS) is 2. The summed E-state index contributed by atoms with van der Waals surface area (Å²) >= 11 is 0. The van der Waals surface area contributed by atoms with E-state index in [0.29, 0.717) is 0 Å². The molecule has 2 aromatic carbocycles. The highest BCUT2D eigenvalue weighted by Gasteiger charge is 2.38. The molecule has 0 bridgehead atoms. The van der Waals surface area contributed by atoms with Gasteiger partial charge in [0, 0.05) is 5.92 Å². The molecule has 0 fully saturated rings. The van der Waals surface area contributed by atoms with Crippen LogP contribution in [0.5, 0.6) is 0 Å². The lowest BCUT2D eigenvalue weighted by Gasteiger charge is -2.17. The predicted molar refractivity (Wildman–Crippen MR) is 107 cm³/mol. The number of carbonyl (C=O) groups is 3. The van der Waals surface area contributed by atoms with E-state index < -0.39 is 30.2 Å². The zero-order chi connectivity index (χ0) is 23.9. The first-order chi connectivity index (χ1) is 15.1. The zero-order valence-corrected chi connectivity index (χ0v) is 16.6. The molecule has 1 atom stereocenters. The largest absolute Gasteiger partial charge is 0.490 e. The number of hydrogen-bond donors (Lipinski definition) is 4. The standard InChI is InChI=1S/C19H20N2O4.C2HF3O2/c20-10-9-17(18(22)23)21-19(24)25-11-16-14-7-3-1-5-12(14)13-6-2-4-8-15(13)16;3-2(4,5)1(6)7/h1-8,16-17H,9-11,20H2,(H,21,24)(H,22,23);(H,6,7)/t17-;/m0./s1. The number of amides is 1. The molecule has 32 heavy (non-hydrogen) atoms. The molecule has 1 aliphatic carbocycles. The topological polar surface area (TPSA) is 139 Å². The lowest BCUT2D eigenvalue weighted by atomic mass is 9.98. The molecule has 0 saturated heterocycles. The van der Waals surface area contributed by atoms with Gasteiger partial charge in [-0.15, -0.1) is 0 Å². The molecule has 1 aliphatic rings. The van der Waals surface area contributed by atoms with Crippen molar-refractivity contribution in [2.45, 2.75) is 24.6 Å². The Labute approximate surface area is 180 Å². The minimum atomic E-state index is -5.08. The molecule has 1 amide bonds. The van der Waals surface area contributed by atoms with Gasteiger partial charge < -0.3 is 26.0 Å². The van der Waals surface area contributed by atoms with E-state index in [2.05, 4.69) is 17.4 Å². The van der Waals surface area contributed by atoms with Crippen LogP contribution in [-0.2, 0) is 14.3 Å². The number of aliphatic carboxylic acids is 2. The van der Waals surface area contributed by atoms with Gasteiger partial charge in [-0.2, -0.15) is 13.2 Å². The van der Waals surface area contributed by atoms with E-state index in [1.165, 1.54) is 0 Å². The van der Waals surface area contributed by atoms with Gasteiger partial charge >= 0.3 is 24.2 Å². The van der Waals surface area contributed by atoms with Crippen LogP contribution in [0.25, 0.3) is 11.1 Å². The number of hydrogen-bond acceptors (Lipinski definition) is 5. The van der Waals surface area contributed by atoms with Crippen molar-refractivity contribution in [3.63, 3.8) is 0 Å². The van der Waals surface area contributed by atoms with Crippen LogP contribution in [0.3, 0.4) is 0 Å². The first-order valence-corrected chi connectivity index (χ1v) is 9.40. The number of alkyl halides is 3. The van der Waals surface area contributed by atoms with Crippen LogP contribution < -0.4 is 11.1 Å². The van der Waals surface area contributed by atoms with E-state index in [9.17, 15) is 22.8 Å². The lowest BCUT2D eigenvalue weighted by Crippen LogP contribution is -2.42. The maximum absolute atomic E-state index is 12.0. The minimum Gasteiger partial charge on any atom is -0.480 e. The highest BCUT2D eigenvalue weighted by atomic mass is 19.4. The number of rotatable bonds is 6. The molecule has 3 rings (SSSR count). The van der Waals surface area contributed by atoms with Gasteiger partial charge in [0.1, 0.15) is 12.6 Å². The molecule has 0 unspecified atom stereocenters. The normalized spacial score (nSPS) is 13.1. The summed E-state index contributed by atoms with van der Waals surface area (Å²) in [5, 5.41) is 18.5. The molecule has 5 N–H and O–H groups in total. The van der Waals surface area contributed by atoms with Gasteiger partial charge in [0.05, 0.1) is 0 Å². The number of carboxylic acids is 2. The second kappa shape index (κ2) is 10.6. The summed E-state index contributed by atoms with van der Waals surface area (Å²) in [5.74, 6) is -3.94. The maximum Gasteiger partial charge on any atom is 0.490 e. The molecule has 0 aromatic heterocycles. The summed E-state index contributed by atoms with van der Waals surface area (Å²) in [6, 6.07) is 15.0. The maximum atomic E-state index is 12.0. The van der Waals surface area contributed by atoms with Gasteiger partial charge in [-0.1, -0.05) is 48.5 Å². The number of alkyl carbamates (subject to hydrolysis) is 1. The molecule has 0 saturated carbocycles. The number of ether oxygens (including phenoxy) is 1. The van der Waals surface area contributed by atoms with Crippen molar-refractivity contribution in [3.05, 3.63) is 59.7 Å². The van der Waals surface area contributed by atoms with Gasteiger partial charge in [-0.25, -0.2) is 14.4 Å². The first kappa shape index (κ1) is 24.7. The third-order valence-electron chi connectivity index (χ3n) is 4.63. The number of nitrogens with one attached hydrogen (secondary N) is 1. The van der Waals surface area contributed by atoms with Gasteiger partial charge in [0.15, 0.2) is 0 Å². The summed E-state index contributed by atoms with van der Waals surface area (Å²) in [7, 11) is 0. The Hall–Kier alpha value is -3.60. The van der Waals surface area contributed by atoms with E-state index in [4.69, 9.17) is 25.5 Å². The number of fused-ring (bicyclic) bond motifs is 3. The molecular weight excluding hydrogens is 433 g/mol. The van der Waals surface area contributed by atoms with Crippen LogP contribution in [0.1, 0.15) is 23.5 Å². The Morgan fingerprint density at radius 1 is 1.00 bits per heavy atom. The summed E-state index contributed by atoms with van der Waals surface area (Å²) in [4.78, 5) is 32.0. The smallest absolute Gasteiger partial charge is 0.480 e. The van der Waals surface area contributed by atoms with Crippen LogP contribution in [0.2, 0.25) is 0 Å². The number of nitrogens with two attached hydrogens (primary N) is 1. The Morgan fingerprint density at radius 2 is 1.47 bits per heavy atom. The first-order valence-electron chi connectivity index (χ1n) is 9.40. The SMILES string of the molecule is NCC[C@H](NC(=O)OCC1c2ccccc2-c2ccccc21)C(=O)O.O=C(O)C(F)(F)F. The van der Waals surface area contributed by atoms with E-state index in [1.54, 1.807) is 0 Å². The number of halogens is 3. The summed E-state index contributed by atoms with van der Waals surface area (Å²) in [5.41, 5.74) is 9.85. The molecule has 0 aliphatic heterocycles. The average Bonchev–Trinajstić information content (AvgIpc) is 3.05. The van der Waals surface area contributed by atoms with E-state index >= 15 is 0 Å². The molecule has 11 heteroatoms. The predicted octanol–water partition coefficient (Wildman–Crippen LogP) is 2.96. The van der Waals surface area contributed by atoms with Gasteiger partial charge in [-0.05, 0) is 35.2 Å². The monoisotopic (exact) mass is 454 g/mol. The Balaban J connectivity index is 0.000000451. The summed E-state index contributed by atoms with van der Waals surface area (Å²) in [6.45, 7) is 0.315. The van der Waals surface area contributed by atoms with Gasteiger partial charge in [0.25, 0.3) is 0 Å². The second-order valence-corrected chi connectivity index (χ2v) is 6.74. The number of benzene rings is 2. The summed E-state index contributed by atoms with van der Waals surface area (Å²) < 4.78 is 37.0. The van der Waals surface area contributed by atoms with Gasteiger partial charge in [0.2, 0.25) is 0 Å². The van der Waals surface area contributed by atoms with Crippen molar-refractivity contribution in [1.29, 1.82) is 0 Å². The van der Waals surface area contributed by atoms with Crippen molar-refractivity contribution >= 4 is 18.0 Å². The quantitative estimate of drug-likeness (QED) is 0.526. The highest BCUT2D eigenvalue weighted by molar-refractivity contribution is 5.81. The molecule has 2 aromatic rings. The van der Waals surface area contributed by atoms with Crippen LogP contribution in [0, 0.1) is 0 Å². The third kappa shape index (κ3) is 6.20. The van der Waals surface area contributed by atoms with E-state index in [1.807, 2.05) is 36.4 Å². The lowest BCUT2D eigenvalue weighted by molar-refractivity contribution is -0.192. The van der Waals surface area contributed by atoms with Crippen molar-refractivity contribution in [1.82, 2.24) is 5.32 Å². The molecular formula is C21H21F3N2O6. The van der Waals surface area contributed by atoms with Crippen molar-refractivity contribution in [2.75, 3.05) is 13.2 Å². The van der Waals surface area contributed by atoms with Gasteiger partial charge in [-0.3, -0.25) is 0 Å². The molecule has 0 heterocycles. The Bertz CT molecular complexity index is 935. The Kier molecular flexibility index (Phi) is 8.19. The fourth-order valence-electron chi connectivity index (χ4n) is 3.21.